The molecule has 1 aromatic heterocycles. The first-order chi connectivity index (χ1) is 6.74. The van der Waals surface area contributed by atoms with Crippen molar-refractivity contribution in [2.75, 3.05) is 0 Å². The summed E-state index contributed by atoms with van der Waals surface area (Å²) in [7, 11) is 0. The summed E-state index contributed by atoms with van der Waals surface area (Å²) in [6, 6.07) is 3.32. The highest BCUT2D eigenvalue weighted by molar-refractivity contribution is 5.86. The molecule has 0 radical (unpaired) electrons. The van der Waals surface area contributed by atoms with Crippen molar-refractivity contribution in [1.29, 1.82) is 0 Å². The first-order valence-electron chi connectivity index (χ1n) is 4.99. The molecule has 74 valence electrons. The van der Waals surface area contributed by atoms with E-state index >= 15 is 0 Å². The molecule has 0 unspecified atom stereocenters. The van der Waals surface area contributed by atoms with Gasteiger partial charge >= 0.3 is 0 Å². The highest BCUT2D eigenvalue weighted by atomic mass is 19.1. The highest BCUT2D eigenvalue weighted by Gasteiger charge is 2.08. The van der Waals surface area contributed by atoms with Gasteiger partial charge in [0.05, 0.1) is 0 Å². The number of H-pyrrole nitrogens is 1. The second-order valence-electron chi connectivity index (χ2n) is 3.66. The molecule has 1 aromatic carbocycles. The lowest BCUT2D eigenvalue weighted by Gasteiger charge is -2.01. The van der Waals surface area contributed by atoms with Crippen LogP contribution < -0.4 is 0 Å². The minimum absolute atomic E-state index is 0.116. The highest BCUT2D eigenvalue weighted by Crippen LogP contribution is 2.25. The van der Waals surface area contributed by atoms with Crippen LogP contribution in [0.5, 0.6) is 0 Å². The van der Waals surface area contributed by atoms with Crippen LogP contribution >= 0.6 is 0 Å². The van der Waals surface area contributed by atoms with Crippen LogP contribution in [0.15, 0.2) is 18.3 Å². The van der Waals surface area contributed by atoms with Crippen molar-refractivity contribution >= 4 is 10.9 Å². The lowest BCUT2D eigenvalue weighted by molar-refractivity contribution is 0.621. The molecule has 2 heteroatoms. The number of aromatic nitrogens is 1. The van der Waals surface area contributed by atoms with Crippen molar-refractivity contribution < 1.29 is 4.39 Å². The van der Waals surface area contributed by atoms with Gasteiger partial charge in [-0.3, -0.25) is 0 Å². The third-order valence-corrected chi connectivity index (χ3v) is 2.64. The molecule has 0 saturated heterocycles. The summed E-state index contributed by atoms with van der Waals surface area (Å²) in [5.74, 6) is -0.116. The SMILES string of the molecule is CCCc1c[nH]c2ccc(F)c(C)c12. The predicted octanol–water partition coefficient (Wildman–Crippen LogP) is 3.57. The Labute approximate surface area is 82.9 Å². The molecular weight excluding hydrogens is 177 g/mol. The summed E-state index contributed by atoms with van der Waals surface area (Å²) in [6.07, 6.45) is 4.08. The van der Waals surface area contributed by atoms with Crippen LogP contribution in [0.1, 0.15) is 24.5 Å². The number of rotatable bonds is 2. The fourth-order valence-electron chi connectivity index (χ4n) is 1.92. The van der Waals surface area contributed by atoms with Gasteiger partial charge in [-0.25, -0.2) is 4.39 Å². The Morgan fingerprint density at radius 3 is 2.86 bits per heavy atom. The van der Waals surface area contributed by atoms with E-state index in [1.807, 2.05) is 13.1 Å². The van der Waals surface area contributed by atoms with Crippen molar-refractivity contribution in [1.82, 2.24) is 4.98 Å². The van der Waals surface area contributed by atoms with E-state index in [1.165, 1.54) is 11.6 Å². The first-order valence-corrected chi connectivity index (χ1v) is 4.99. The van der Waals surface area contributed by atoms with E-state index in [4.69, 9.17) is 0 Å². The molecule has 0 spiro atoms. The van der Waals surface area contributed by atoms with Gasteiger partial charge in [-0.1, -0.05) is 13.3 Å². The van der Waals surface area contributed by atoms with Crippen LogP contribution in [0.3, 0.4) is 0 Å². The molecule has 1 heterocycles. The lowest BCUT2D eigenvalue weighted by atomic mass is 10.0. The molecule has 14 heavy (non-hydrogen) atoms. The summed E-state index contributed by atoms with van der Waals surface area (Å²) in [6.45, 7) is 3.97. The Morgan fingerprint density at radius 1 is 1.36 bits per heavy atom. The molecule has 0 aliphatic rings. The van der Waals surface area contributed by atoms with Gasteiger partial charge in [-0.05, 0) is 36.6 Å². The summed E-state index contributed by atoms with van der Waals surface area (Å²) in [5, 5.41) is 1.06. The molecule has 1 nitrogen and oxygen atoms in total. The van der Waals surface area contributed by atoms with Crippen LogP contribution in [-0.2, 0) is 6.42 Å². The lowest BCUT2D eigenvalue weighted by Crippen LogP contribution is -1.86. The molecule has 1 N–H and O–H groups in total. The molecule has 0 bridgehead atoms. The smallest absolute Gasteiger partial charge is 0.126 e. The number of benzene rings is 1. The van der Waals surface area contributed by atoms with Crippen molar-refractivity contribution in [3.05, 3.63) is 35.3 Å². The summed E-state index contributed by atoms with van der Waals surface area (Å²) in [4.78, 5) is 3.17. The zero-order valence-electron chi connectivity index (χ0n) is 8.52. The number of hydrogen-bond donors (Lipinski definition) is 1. The molecule has 2 aromatic rings. The molecule has 0 aliphatic heterocycles. The van der Waals surface area contributed by atoms with Gasteiger partial charge in [0, 0.05) is 17.1 Å². The Balaban J connectivity index is 2.69. The zero-order valence-corrected chi connectivity index (χ0v) is 8.52. The Morgan fingerprint density at radius 2 is 2.14 bits per heavy atom. The van der Waals surface area contributed by atoms with Gasteiger partial charge in [0.2, 0.25) is 0 Å². The minimum atomic E-state index is -0.116. The number of aromatic amines is 1. The molecular formula is C12H14FN. The van der Waals surface area contributed by atoms with Gasteiger partial charge in [-0.15, -0.1) is 0 Å². The first kappa shape index (κ1) is 9.25. The summed E-state index contributed by atoms with van der Waals surface area (Å²) < 4.78 is 13.3. The topological polar surface area (TPSA) is 15.8 Å². The number of halogens is 1. The van der Waals surface area contributed by atoms with E-state index in [0.717, 1.165) is 29.3 Å². The van der Waals surface area contributed by atoms with Crippen LogP contribution in [0.4, 0.5) is 4.39 Å². The predicted molar refractivity (Wildman–Crippen MR) is 57.0 cm³/mol. The maximum Gasteiger partial charge on any atom is 0.126 e. The maximum atomic E-state index is 13.3. The fourth-order valence-corrected chi connectivity index (χ4v) is 1.92. The van der Waals surface area contributed by atoms with Gasteiger partial charge in [0.1, 0.15) is 5.82 Å². The third kappa shape index (κ3) is 1.31. The van der Waals surface area contributed by atoms with Gasteiger partial charge in [0.25, 0.3) is 0 Å². The zero-order chi connectivity index (χ0) is 10.1. The molecule has 0 fully saturated rings. The van der Waals surface area contributed by atoms with Gasteiger partial charge in [-0.2, -0.15) is 0 Å². The van der Waals surface area contributed by atoms with E-state index in [2.05, 4.69) is 11.9 Å². The minimum Gasteiger partial charge on any atom is -0.361 e. The normalized spacial score (nSPS) is 11.1. The largest absolute Gasteiger partial charge is 0.361 e. The van der Waals surface area contributed by atoms with Crippen LogP contribution in [0.2, 0.25) is 0 Å². The summed E-state index contributed by atoms with van der Waals surface area (Å²) in [5.41, 5.74) is 3.01. The van der Waals surface area contributed by atoms with Gasteiger partial charge < -0.3 is 4.98 Å². The Kier molecular flexibility index (Phi) is 2.28. The molecule has 2 rings (SSSR count). The summed E-state index contributed by atoms with van der Waals surface area (Å²) >= 11 is 0. The van der Waals surface area contributed by atoms with Gasteiger partial charge in [0.15, 0.2) is 0 Å². The quantitative estimate of drug-likeness (QED) is 0.747. The number of fused-ring (bicyclic) bond motifs is 1. The van der Waals surface area contributed by atoms with Crippen molar-refractivity contribution in [2.24, 2.45) is 0 Å². The average molecular weight is 191 g/mol. The van der Waals surface area contributed by atoms with E-state index in [-0.39, 0.29) is 5.82 Å². The molecule has 0 amide bonds. The van der Waals surface area contributed by atoms with E-state index in [0.29, 0.717) is 0 Å². The van der Waals surface area contributed by atoms with Crippen LogP contribution in [0.25, 0.3) is 10.9 Å². The van der Waals surface area contributed by atoms with Crippen molar-refractivity contribution in [3.63, 3.8) is 0 Å². The third-order valence-electron chi connectivity index (χ3n) is 2.64. The van der Waals surface area contributed by atoms with E-state index in [1.54, 1.807) is 6.07 Å². The second kappa shape index (κ2) is 3.45. The Hall–Kier alpha value is -1.31. The standard InChI is InChI=1S/C12H14FN/c1-3-4-9-7-14-11-6-5-10(13)8(2)12(9)11/h5-7,14H,3-4H2,1-2H3. The monoisotopic (exact) mass is 191 g/mol. The number of hydrogen-bond acceptors (Lipinski definition) is 0. The van der Waals surface area contributed by atoms with E-state index < -0.39 is 0 Å². The molecule has 0 saturated carbocycles. The van der Waals surface area contributed by atoms with Crippen molar-refractivity contribution in [3.8, 4) is 0 Å². The molecule has 0 aliphatic carbocycles. The van der Waals surface area contributed by atoms with Crippen LogP contribution in [-0.4, -0.2) is 4.98 Å². The van der Waals surface area contributed by atoms with Crippen LogP contribution in [0, 0.1) is 12.7 Å². The molecule has 0 atom stereocenters. The number of aryl methyl sites for hydroxylation is 2. The Bertz CT molecular complexity index is 457. The van der Waals surface area contributed by atoms with Crippen molar-refractivity contribution in [2.45, 2.75) is 26.7 Å². The fraction of sp³-hybridized carbons (Fsp3) is 0.333. The second-order valence-corrected chi connectivity index (χ2v) is 3.66. The average Bonchev–Trinajstić information content (AvgIpc) is 2.57. The van der Waals surface area contributed by atoms with E-state index in [9.17, 15) is 4.39 Å². The number of nitrogens with one attached hydrogen (secondary N) is 1. The maximum absolute atomic E-state index is 13.3.